The number of hydrogen-bond donors (Lipinski definition) is 0. The Hall–Kier alpha value is -2.58. The molecule has 0 aromatic heterocycles. The number of fused-ring (bicyclic) bond motifs is 1. The Bertz CT molecular complexity index is 1100. The Balaban J connectivity index is 1.40. The van der Waals surface area contributed by atoms with Crippen LogP contribution in [0.2, 0.25) is 0 Å². The summed E-state index contributed by atoms with van der Waals surface area (Å²) in [7, 11) is 4.17. The number of halogens is 3. The number of carbonyl (C=O) groups is 1. The molecule has 2 aromatic rings. The van der Waals surface area contributed by atoms with Crippen molar-refractivity contribution in [2.45, 2.75) is 64.2 Å². The van der Waals surface area contributed by atoms with Crippen LogP contribution in [0.1, 0.15) is 70.8 Å². The lowest BCUT2D eigenvalue weighted by Gasteiger charge is -2.49. The first-order valence-corrected chi connectivity index (χ1v) is 13.7. The first-order valence-electron chi connectivity index (χ1n) is 13.7. The van der Waals surface area contributed by atoms with Gasteiger partial charge in [0.15, 0.2) is 0 Å². The van der Waals surface area contributed by atoms with Gasteiger partial charge in [-0.1, -0.05) is 6.07 Å². The fraction of sp³-hybridized carbons (Fsp3) is 0.567. The van der Waals surface area contributed by atoms with Crippen LogP contribution >= 0.6 is 0 Å². The van der Waals surface area contributed by atoms with Gasteiger partial charge in [-0.25, -0.2) is 0 Å². The smallest absolute Gasteiger partial charge is 0.416 e. The van der Waals surface area contributed by atoms with Gasteiger partial charge in [-0.15, -0.1) is 0 Å². The van der Waals surface area contributed by atoms with Gasteiger partial charge in [-0.2, -0.15) is 13.2 Å². The number of rotatable bonds is 8. The zero-order valence-corrected chi connectivity index (χ0v) is 23.0. The van der Waals surface area contributed by atoms with Crippen LogP contribution in [0.5, 0.6) is 5.75 Å². The molecule has 208 valence electrons. The number of hydrogen-bond acceptors (Lipinski definition) is 4. The van der Waals surface area contributed by atoms with E-state index >= 15 is 0 Å². The summed E-state index contributed by atoms with van der Waals surface area (Å²) >= 11 is 0. The van der Waals surface area contributed by atoms with Crippen LogP contribution in [0, 0.1) is 13.8 Å². The first kappa shape index (κ1) is 28.4. The summed E-state index contributed by atoms with van der Waals surface area (Å²) in [5.41, 5.74) is 3.36. The molecule has 38 heavy (non-hydrogen) atoms. The summed E-state index contributed by atoms with van der Waals surface area (Å²) in [6.07, 6.45) is 0.903. The minimum atomic E-state index is -4.41. The zero-order valence-electron chi connectivity index (χ0n) is 23.0. The molecule has 2 fully saturated rings. The minimum Gasteiger partial charge on any atom is -0.493 e. The van der Waals surface area contributed by atoms with Crippen LogP contribution in [0.15, 0.2) is 36.4 Å². The van der Waals surface area contributed by atoms with E-state index in [4.69, 9.17) is 4.74 Å². The van der Waals surface area contributed by atoms with Crippen molar-refractivity contribution in [3.05, 3.63) is 64.2 Å². The standard InChI is InChI=1S/C30H40F3N3O2/c1-21-22(2)28(38-19-6-5-16-34(3)4)15-14-26(21)27-9-7-8-25-20-35(17-18-36(25)27)29(37)23-10-12-24(13-11-23)30(31,32)33/h10-15,25,27H,5-9,16-20H2,1-4H3. The van der Waals surface area contributed by atoms with Crippen LogP contribution in [0.25, 0.3) is 0 Å². The topological polar surface area (TPSA) is 36.0 Å². The number of piperidine rings is 1. The number of unbranched alkanes of at least 4 members (excludes halogenated alkanes) is 1. The van der Waals surface area contributed by atoms with E-state index < -0.39 is 11.7 Å². The van der Waals surface area contributed by atoms with Gasteiger partial charge in [0.2, 0.25) is 0 Å². The molecule has 0 saturated carbocycles. The summed E-state index contributed by atoms with van der Waals surface area (Å²) < 4.78 is 44.9. The van der Waals surface area contributed by atoms with E-state index in [0.29, 0.717) is 31.3 Å². The predicted molar refractivity (Wildman–Crippen MR) is 144 cm³/mol. The Morgan fingerprint density at radius 2 is 1.74 bits per heavy atom. The number of benzene rings is 2. The highest BCUT2D eigenvalue weighted by Crippen LogP contribution is 2.40. The lowest BCUT2D eigenvalue weighted by atomic mass is 9.86. The number of alkyl halides is 3. The third kappa shape index (κ3) is 6.52. The van der Waals surface area contributed by atoms with Crippen LogP contribution in [0.3, 0.4) is 0 Å². The van der Waals surface area contributed by atoms with Crippen molar-refractivity contribution in [1.82, 2.24) is 14.7 Å². The Labute approximate surface area is 224 Å². The maximum Gasteiger partial charge on any atom is 0.416 e. The van der Waals surface area contributed by atoms with Crippen molar-refractivity contribution in [1.29, 1.82) is 0 Å². The van der Waals surface area contributed by atoms with Crippen LogP contribution in [-0.4, -0.2) is 73.5 Å². The molecular formula is C30H40F3N3O2. The molecule has 2 atom stereocenters. The van der Waals surface area contributed by atoms with E-state index in [-0.39, 0.29) is 11.9 Å². The highest BCUT2D eigenvalue weighted by molar-refractivity contribution is 5.94. The van der Waals surface area contributed by atoms with Crippen molar-refractivity contribution < 1.29 is 22.7 Å². The van der Waals surface area contributed by atoms with Crippen molar-refractivity contribution in [2.24, 2.45) is 0 Å². The fourth-order valence-electron chi connectivity index (χ4n) is 5.80. The number of nitrogens with zero attached hydrogens (tertiary/aromatic N) is 3. The average Bonchev–Trinajstić information content (AvgIpc) is 2.89. The first-order chi connectivity index (χ1) is 18.1. The number of amides is 1. The molecule has 0 N–H and O–H groups in total. The van der Waals surface area contributed by atoms with Gasteiger partial charge < -0.3 is 14.5 Å². The van der Waals surface area contributed by atoms with E-state index in [2.05, 4.69) is 49.9 Å². The van der Waals surface area contributed by atoms with Gasteiger partial charge in [0.1, 0.15) is 5.75 Å². The highest BCUT2D eigenvalue weighted by atomic mass is 19.4. The Morgan fingerprint density at radius 3 is 2.42 bits per heavy atom. The summed E-state index contributed by atoms with van der Waals surface area (Å²) in [6.45, 7) is 8.01. The molecule has 2 aliphatic rings. The number of ether oxygens (including phenoxy) is 1. The predicted octanol–water partition coefficient (Wildman–Crippen LogP) is 6.09. The lowest BCUT2D eigenvalue weighted by molar-refractivity contribution is -0.137. The molecule has 2 unspecified atom stereocenters. The lowest BCUT2D eigenvalue weighted by Crippen LogP contribution is -2.57. The zero-order chi connectivity index (χ0) is 27.4. The van der Waals surface area contributed by atoms with E-state index in [1.165, 1.54) is 28.8 Å². The monoisotopic (exact) mass is 531 g/mol. The average molecular weight is 532 g/mol. The van der Waals surface area contributed by atoms with E-state index in [1.54, 1.807) is 4.90 Å². The molecule has 2 saturated heterocycles. The SMILES string of the molecule is Cc1c(OCCCCN(C)C)ccc(C2CCCC3CN(C(=O)c4ccc(C(F)(F)F)cc4)CCN32)c1C. The second-order valence-electron chi connectivity index (χ2n) is 10.9. The third-order valence-corrected chi connectivity index (χ3v) is 8.09. The van der Waals surface area contributed by atoms with E-state index in [9.17, 15) is 18.0 Å². The van der Waals surface area contributed by atoms with Crippen LogP contribution in [0.4, 0.5) is 13.2 Å². The number of carbonyl (C=O) groups excluding carboxylic acids is 1. The molecule has 8 heteroatoms. The molecule has 2 heterocycles. The molecule has 0 radical (unpaired) electrons. The molecule has 5 nitrogen and oxygen atoms in total. The van der Waals surface area contributed by atoms with Crippen molar-refractivity contribution in [3.8, 4) is 5.75 Å². The number of piperazine rings is 1. The van der Waals surface area contributed by atoms with Crippen LogP contribution in [-0.2, 0) is 6.18 Å². The maximum atomic E-state index is 13.1. The molecule has 2 aliphatic heterocycles. The van der Waals surface area contributed by atoms with E-state index in [1.807, 2.05) is 0 Å². The molecule has 0 bridgehead atoms. The van der Waals surface area contributed by atoms with Gasteiger partial charge >= 0.3 is 6.18 Å². The van der Waals surface area contributed by atoms with Crippen molar-refractivity contribution in [2.75, 3.05) is 46.9 Å². The molecule has 4 rings (SSSR count). The fourth-order valence-corrected chi connectivity index (χ4v) is 5.80. The van der Waals surface area contributed by atoms with Gasteiger partial charge in [0.25, 0.3) is 5.91 Å². The summed E-state index contributed by atoms with van der Waals surface area (Å²) in [6, 6.07) is 9.42. The third-order valence-electron chi connectivity index (χ3n) is 8.09. The van der Waals surface area contributed by atoms with Crippen LogP contribution < -0.4 is 4.74 Å². The van der Waals surface area contributed by atoms with Gasteiger partial charge in [-0.3, -0.25) is 9.69 Å². The molecule has 1 amide bonds. The highest BCUT2D eigenvalue weighted by Gasteiger charge is 2.38. The second kappa shape index (κ2) is 12.1. The molecule has 2 aromatic carbocycles. The van der Waals surface area contributed by atoms with E-state index in [0.717, 1.165) is 63.1 Å². The summed E-state index contributed by atoms with van der Waals surface area (Å²) in [4.78, 5) is 19.6. The van der Waals surface area contributed by atoms with Gasteiger partial charge in [-0.05, 0) is 114 Å². The van der Waals surface area contributed by atoms with Gasteiger partial charge in [0, 0.05) is 37.3 Å². The summed E-state index contributed by atoms with van der Waals surface area (Å²) in [5.74, 6) is 0.759. The molecule has 0 aliphatic carbocycles. The normalized spacial score (nSPS) is 20.5. The summed E-state index contributed by atoms with van der Waals surface area (Å²) in [5, 5.41) is 0. The second-order valence-corrected chi connectivity index (χ2v) is 10.9. The minimum absolute atomic E-state index is 0.195. The maximum absolute atomic E-state index is 13.1. The van der Waals surface area contributed by atoms with Crippen molar-refractivity contribution >= 4 is 5.91 Å². The Kier molecular flexibility index (Phi) is 9.04. The Morgan fingerprint density at radius 1 is 1.00 bits per heavy atom. The largest absolute Gasteiger partial charge is 0.493 e. The van der Waals surface area contributed by atoms with Crippen molar-refractivity contribution in [3.63, 3.8) is 0 Å². The molecular weight excluding hydrogens is 491 g/mol. The van der Waals surface area contributed by atoms with Gasteiger partial charge in [0.05, 0.1) is 12.2 Å². The quantitative estimate of drug-likeness (QED) is 0.386. The molecule has 0 spiro atoms.